The molecule has 0 fully saturated rings. The number of halogens is 3. The predicted octanol–water partition coefficient (Wildman–Crippen LogP) is 3.97. The Morgan fingerprint density at radius 1 is 1.00 bits per heavy atom. The van der Waals surface area contributed by atoms with Gasteiger partial charge in [0.1, 0.15) is 5.78 Å². The Morgan fingerprint density at radius 3 is 1.67 bits per heavy atom. The van der Waals surface area contributed by atoms with Gasteiger partial charge >= 0.3 is 6.18 Å². The Bertz CT molecular complexity index is 233. The van der Waals surface area contributed by atoms with Crippen molar-refractivity contribution in [1.82, 2.24) is 0 Å². The molecular weight excluding hydrogens is 205 g/mol. The second-order valence-electron chi connectivity index (χ2n) is 5.41. The van der Waals surface area contributed by atoms with Crippen molar-refractivity contribution in [2.45, 2.75) is 53.6 Å². The molecule has 0 N–H and O–H groups in total. The molecule has 0 amide bonds. The van der Waals surface area contributed by atoms with E-state index in [0.717, 1.165) is 0 Å². The predicted molar refractivity (Wildman–Crippen MR) is 53.5 cm³/mol. The fourth-order valence-electron chi connectivity index (χ4n) is 0.986. The third kappa shape index (κ3) is 4.22. The molecule has 0 atom stereocenters. The number of ketones is 1. The number of carbonyl (C=O) groups is 1. The van der Waals surface area contributed by atoms with E-state index in [1.165, 1.54) is 0 Å². The normalized spacial score (nSPS) is 14.1. The molecule has 0 bridgehead atoms. The minimum absolute atomic E-state index is 0.324. The summed E-state index contributed by atoms with van der Waals surface area (Å²) in [4.78, 5) is 11.7. The lowest BCUT2D eigenvalue weighted by Crippen LogP contribution is -2.38. The first-order valence-corrected chi connectivity index (χ1v) is 4.98. The fraction of sp³-hybridized carbons (Fsp3) is 0.909. The monoisotopic (exact) mass is 224 g/mol. The highest BCUT2D eigenvalue weighted by Gasteiger charge is 2.40. The molecular formula is C11H19F3O. The van der Waals surface area contributed by atoms with Crippen molar-refractivity contribution in [2.75, 3.05) is 0 Å². The molecule has 90 valence electrons. The van der Waals surface area contributed by atoms with E-state index in [2.05, 4.69) is 0 Å². The SMILES string of the molecule is CC(C)(C)C(C)(C)C(=O)CCC(F)(F)F. The number of rotatable bonds is 3. The van der Waals surface area contributed by atoms with Crippen LogP contribution in [0.1, 0.15) is 47.5 Å². The molecule has 4 heteroatoms. The van der Waals surface area contributed by atoms with E-state index in [-0.39, 0.29) is 11.2 Å². The first-order valence-electron chi connectivity index (χ1n) is 4.98. The van der Waals surface area contributed by atoms with Crippen LogP contribution in [0.3, 0.4) is 0 Å². The highest BCUT2D eigenvalue weighted by atomic mass is 19.4. The van der Waals surface area contributed by atoms with Gasteiger partial charge in [-0.3, -0.25) is 4.79 Å². The number of alkyl halides is 3. The molecule has 0 aromatic rings. The molecule has 0 unspecified atom stereocenters. The third-order valence-electron chi connectivity index (χ3n) is 3.21. The van der Waals surface area contributed by atoms with Gasteiger partial charge in [0.15, 0.2) is 0 Å². The van der Waals surface area contributed by atoms with Crippen LogP contribution < -0.4 is 0 Å². The maximum atomic E-state index is 11.9. The molecule has 0 saturated heterocycles. The van der Waals surface area contributed by atoms with Crippen molar-refractivity contribution in [3.63, 3.8) is 0 Å². The number of hydrogen-bond acceptors (Lipinski definition) is 1. The van der Waals surface area contributed by atoms with E-state index in [4.69, 9.17) is 0 Å². The molecule has 15 heavy (non-hydrogen) atoms. The lowest BCUT2D eigenvalue weighted by molar-refractivity contribution is -0.149. The Kier molecular flexibility index (Phi) is 3.99. The van der Waals surface area contributed by atoms with Crippen LogP contribution in [0.5, 0.6) is 0 Å². The van der Waals surface area contributed by atoms with E-state index in [9.17, 15) is 18.0 Å². The van der Waals surface area contributed by atoms with Gasteiger partial charge in [-0.25, -0.2) is 0 Å². The van der Waals surface area contributed by atoms with Gasteiger partial charge in [0, 0.05) is 11.8 Å². The van der Waals surface area contributed by atoms with E-state index in [1.54, 1.807) is 13.8 Å². The molecule has 0 aromatic heterocycles. The summed E-state index contributed by atoms with van der Waals surface area (Å²) in [5.74, 6) is -0.327. The van der Waals surface area contributed by atoms with Crippen molar-refractivity contribution in [2.24, 2.45) is 10.8 Å². The average Bonchev–Trinajstić information content (AvgIpc) is 1.96. The summed E-state index contributed by atoms with van der Waals surface area (Å²) in [6.07, 6.45) is -5.69. The molecule has 0 aliphatic carbocycles. The van der Waals surface area contributed by atoms with Crippen LogP contribution in [0.15, 0.2) is 0 Å². The summed E-state index contributed by atoms with van der Waals surface area (Å²) in [6.45, 7) is 8.98. The summed E-state index contributed by atoms with van der Waals surface area (Å²) in [5, 5.41) is 0. The summed E-state index contributed by atoms with van der Waals surface area (Å²) >= 11 is 0. The minimum Gasteiger partial charge on any atom is -0.299 e. The molecule has 0 heterocycles. The van der Waals surface area contributed by atoms with Crippen LogP contribution >= 0.6 is 0 Å². The quantitative estimate of drug-likeness (QED) is 0.708. The fourth-order valence-corrected chi connectivity index (χ4v) is 0.986. The van der Waals surface area contributed by atoms with Crippen LogP contribution in [0.4, 0.5) is 13.2 Å². The summed E-state index contributed by atoms with van der Waals surface area (Å²) in [7, 11) is 0. The van der Waals surface area contributed by atoms with Crippen LogP contribution in [0, 0.1) is 10.8 Å². The van der Waals surface area contributed by atoms with Gasteiger partial charge in [-0.05, 0) is 5.41 Å². The van der Waals surface area contributed by atoms with Crippen molar-refractivity contribution >= 4 is 5.78 Å². The Labute approximate surface area is 89.0 Å². The Morgan fingerprint density at radius 2 is 1.40 bits per heavy atom. The smallest absolute Gasteiger partial charge is 0.299 e. The Hall–Kier alpha value is -0.540. The molecule has 0 saturated carbocycles. The minimum atomic E-state index is -4.25. The molecule has 0 rings (SSSR count). The van der Waals surface area contributed by atoms with Crippen LogP contribution in [0.25, 0.3) is 0 Å². The van der Waals surface area contributed by atoms with Gasteiger partial charge in [0.05, 0.1) is 6.42 Å². The second kappa shape index (κ2) is 4.14. The average molecular weight is 224 g/mol. The van der Waals surface area contributed by atoms with E-state index < -0.39 is 24.4 Å². The molecule has 0 spiro atoms. The summed E-state index contributed by atoms with van der Waals surface area (Å²) < 4.78 is 35.8. The number of carbonyl (C=O) groups excluding carboxylic acids is 1. The van der Waals surface area contributed by atoms with E-state index in [0.29, 0.717) is 0 Å². The Balaban J connectivity index is 4.47. The van der Waals surface area contributed by atoms with Crippen LogP contribution in [0.2, 0.25) is 0 Å². The lowest BCUT2D eigenvalue weighted by Gasteiger charge is -2.37. The van der Waals surface area contributed by atoms with Gasteiger partial charge < -0.3 is 0 Å². The maximum absolute atomic E-state index is 11.9. The second-order valence-corrected chi connectivity index (χ2v) is 5.41. The number of hydrogen-bond donors (Lipinski definition) is 0. The summed E-state index contributed by atoms with van der Waals surface area (Å²) in [5.41, 5.74) is -1.05. The van der Waals surface area contributed by atoms with Gasteiger partial charge in [0.2, 0.25) is 0 Å². The first-order chi connectivity index (χ1) is 6.38. The number of Topliss-reactive ketones (excluding diaryl/α,β-unsaturated/α-hetero) is 1. The summed E-state index contributed by atoms with van der Waals surface area (Å²) in [6, 6.07) is 0. The van der Waals surface area contributed by atoms with Crippen molar-refractivity contribution in [3.8, 4) is 0 Å². The zero-order valence-electron chi connectivity index (χ0n) is 9.96. The van der Waals surface area contributed by atoms with E-state index in [1.807, 2.05) is 20.8 Å². The topological polar surface area (TPSA) is 17.1 Å². The molecule has 0 aromatic carbocycles. The van der Waals surface area contributed by atoms with E-state index >= 15 is 0 Å². The lowest BCUT2D eigenvalue weighted by atomic mass is 9.66. The molecule has 0 aliphatic heterocycles. The largest absolute Gasteiger partial charge is 0.389 e. The third-order valence-corrected chi connectivity index (χ3v) is 3.21. The van der Waals surface area contributed by atoms with Crippen molar-refractivity contribution in [1.29, 1.82) is 0 Å². The van der Waals surface area contributed by atoms with Crippen LogP contribution in [-0.4, -0.2) is 12.0 Å². The standard InChI is InChI=1S/C11H19F3O/c1-9(2,3)10(4,5)8(15)6-7-11(12,13)14/h6-7H2,1-5H3. The van der Waals surface area contributed by atoms with Gasteiger partial charge in [-0.15, -0.1) is 0 Å². The van der Waals surface area contributed by atoms with Gasteiger partial charge in [-0.2, -0.15) is 13.2 Å². The molecule has 1 nitrogen and oxygen atoms in total. The van der Waals surface area contributed by atoms with Gasteiger partial charge in [0.25, 0.3) is 0 Å². The van der Waals surface area contributed by atoms with Crippen molar-refractivity contribution in [3.05, 3.63) is 0 Å². The molecule has 0 aliphatic rings. The zero-order valence-corrected chi connectivity index (χ0v) is 9.96. The maximum Gasteiger partial charge on any atom is 0.389 e. The highest BCUT2D eigenvalue weighted by Crippen LogP contribution is 2.40. The zero-order chi connectivity index (χ0) is 12.5. The van der Waals surface area contributed by atoms with Gasteiger partial charge in [-0.1, -0.05) is 34.6 Å². The van der Waals surface area contributed by atoms with Crippen LogP contribution in [-0.2, 0) is 4.79 Å². The molecule has 0 radical (unpaired) electrons. The first kappa shape index (κ1) is 14.5. The van der Waals surface area contributed by atoms with Crippen molar-refractivity contribution < 1.29 is 18.0 Å². The highest BCUT2D eigenvalue weighted by molar-refractivity contribution is 5.84.